The molecule has 1 aromatic rings. The van der Waals surface area contributed by atoms with Crippen LogP contribution in [-0.4, -0.2) is 23.9 Å². The molecular weight excluding hydrogens is 238 g/mol. The highest BCUT2D eigenvalue weighted by Crippen LogP contribution is 2.29. The predicted octanol–water partition coefficient (Wildman–Crippen LogP) is 2.09. The Morgan fingerprint density at radius 3 is 2.53 bits per heavy atom. The number of aliphatic hydroxyl groups excluding tert-OH is 1. The van der Waals surface area contributed by atoms with Gasteiger partial charge in [-0.15, -0.1) is 6.42 Å². The van der Waals surface area contributed by atoms with Gasteiger partial charge in [-0.2, -0.15) is 0 Å². The summed E-state index contributed by atoms with van der Waals surface area (Å²) < 4.78 is 5.33. The van der Waals surface area contributed by atoms with Crippen LogP contribution in [-0.2, 0) is 6.54 Å². The first-order valence-electron chi connectivity index (χ1n) is 6.79. The zero-order valence-electron chi connectivity index (χ0n) is 11.2. The molecule has 1 fully saturated rings. The van der Waals surface area contributed by atoms with E-state index in [0.717, 1.165) is 25.1 Å². The average Bonchev–Trinajstić information content (AvgIpc) is 2.93. The zero-order chi connectivity index (χ0) is 13.6. The fourth-order valence-electron chi connectivity index (χ4n) is 2.56. The topological polar surface area (TPSA) is 41.5 Å². The van der Waals surface area contributed by atoms with Crippen molar-refractivity contribution in [1.29, 1.82) is 0 Å². The summed E-state index contributed by atoms with van der Waals surface area (Å²) >= 11 is 0. The van der Waals surface area contributed by atoms with Gasteiger partial charge in [0.15, 0.2) is 0 Å². The summed E-state index contributed by atoms with van der Waals surface area (Å²) in [6, 6.07) is 7.90. The van der Waals surface area contributed by atoms with Gasteiger partial charge in [-0.05, 0) is 30.5 Å². The Kier molecular flexibility index (Phi) is 4.84. The van der Waals surface area contributed by atoms with Crippen LogP contribution in [0.1, 0.15) is 31.2 Å². The van der Waals surface area contributed by atoms with E-state index in [1.54, 1.807) is 0 Å². The molecule has 0 aromatic heterocycles. The maximum Gasteiger partial charge on any atom is 0.148 e. The molecule has 0 saturated heterocycles. The van der Waals surface area contributed by atoms with Crippen molar-refractivity contribution in [3.8, 4) is 18.1 Å². The second-order valence-corrected chi connectivity index (χ2v) is 5.14. The molecule has 102 valence electrons. The number of rotatable bonds is 6. The van der Waals surface area contributed by atoms with E-state index in [-0.39, 0.29) is 12.1 Å². The fraction of sp³-hybridized carbons (Fsp3) is 0.500. The molecule has 3 heteroatoms. The normalized spacial score (nSPS) is 17.1. The fourth-order valence-corrected chi connectivity index (χ4v) is 2.56. The van der Waals surface area contributed by atoms with Crippen LogP contribution >= 0.6 is 0 Å². The molecule has 2 N–H and O–H groups in total. The van der Waals surface area contributed by atoms with Gasteiger partial charge in [-0.1, -0.05) is 30.9 Å². The number of aliphatic hydroxyl groups is 1. The Morgan fingerprint density at radius 1 is 1.26 bits per heavy atom. The van der Waals surface area contributed by atoms with Gasteiger partial charge < -0.3 is 15.2 Å². The average molecular weight is 259 g/mol. The predicted molar refractivity (Wildman–Crippen MR) is 75.9 cm³/mol. The standard InChI is InChI=1S/C16H21NO2/c1-2-11-19-15-7-5-14(6-8-15)12-17-16(13-18)9-3-4-10-16/h1,5-8,17-18H,3-4,9-13H2. The molecule has 19 heavy (non-hydrogen) atoms. The van der Waals surface area contributed by atoms with Gasteiger partial charge >= 0.3 is 0 Å². The number of hydrogen-bond donors (Lipinski definition) is 2. The second-order valence-electron chi connectivity index (χ2n) is 5.14. The minimum absolute atomic E-state index is 0.0708. The van der Waals surface area contributed by atoms with Crippen LogP contribution in [0.15, 0.2) is 24.3 Å². The first kappa shape index (κ1) is 13.9. The largest absolute Gasteiger partial charge is 0.481 e. The van der Waals surface area contributed by atoms with E-state index >= 15 is 0 Å². The SMILES string of the molecule is C#CCOc1ccc(CNC2(CO)CCCC2)cc1. The Bertz CT molecular complexity index is 427. The highest BCUT2D eigenvalue weighted by atomic mass is 16.5. The van der Waals surface area contributed by atoms with E-state index in [0.29, 0.717) is 6.61 Å². The lowest BCUT2D eigenvalue weighted by atomic mass is 9.98. The first-order valence-corrected chi connectivity index (χ1v) is 6.79. The molecule has 1 aromatic carbocycles. The Hall–Kier alpha value is -1.50. The molecular formula is C16H21NO2. The van der Waals surface area contributed by atoms with Gasteiger partial charge in [0.05, 0.1) is 6.61 Å². The van der Waals surface area contributed by atoms with Gasteiger partial charge in [0.1, 0.15) is 12.4 Å². The summed E-state index contributed by atoms with van der Waals surface area (Å²) in [5.74, 6) is 3.23. The van der Waals surface area contributed by atoms with Crippen LogP contribution in [0.3, 0.4) is 0 Å². The van der Waals surface area contributed by atoms with E-state index in [1.807, 2.05) is 24.3 Å². The third-order valence-electron chi connectivity index (χ3n) is 3.78. The quantitative estimate of drug-likeness (QED) is 0.769. The minimum atomic E-state index is -0.0708. The maximum atomic E-state index is 9.53. The molecule has 1 aliphatic carbocycles. The van der Waals surface area contributed by atoms with Crippen molar-refractivity contribution >= 4 is 0 Å². The lowest BCUT2D eigenvalue weighted by Gasteiger charge is -2.28. The first-order chi connectivity index (χ1) is 9.28. The van der Waals surface area contributed by atoms with Gasteiger partial charge in [0.25, 0.3) is 0 Å². The summed E-state index contributed by atoms with van der Waals surface area (Å²) in [5.41, 5.74) is 1.12. The molecule has 1 saturated carbocycles. The van der Waals surface area contributed by atoms with Crippen LogP contribution in [0.5, 0.6) is 5.75 Å². The highest BCUT2D eigenvalue weighted by Gasteiger charge is 2.32. The molecule has 0 heterocycles. The third kappa shape index (κ3) is 3.73. The monoisotopic (exact) mass is 259 g/mol. The molecule has 1 aliphatic rings. The highest BCUT2D eigenvalue weighted by molar-refractivity contribution is 5.27. The smallest absolute Gasteiger partial charge is 0.148 e. The van der Waals surface area contributed by atoms with Crippen LogP contribution < -0.4 is 10.1 Å². The van der Waals surface area contributed by atoms with Crippen molar-refractivity contribution in [2.45, 2.75) is 37.8 Å². The molecule has 0 bridgehead atoms. The van der Waals surface area contributed by atoms with E-state index in [9.17, 15) is 5.11 Å². The molecule has 0 radical (unpaired) electrons. The van der Waals surface area contributed by atoms with Crippen molar-refractivity contribution in [3.63, 3.8) is 0 Å². The molecule has 2 rings (SSSR count). The lowest BCUT2D eigenvalue weighted by molar-refractivity contribution is 0.163. The minimum Gasteiger partial charge on any atom is -0.481 e. The summed E-state index contributed by atoms with van der Waals surface area (Å²) in [4.78, 5) is 0. The lowest BCUT2D eigenvalue weighted by Crippen LogP contribution is -2.45. The zero-order valence-corrected chi connectivity index (χ0v) is 11.2. The van der Waals surface area contributed by atoms with Gasteiger partial charge in [-0.25, -0.2) is 0 Å². The molecule has 0 spiro atoms. The number of benzene rings is 1. The Balaban J connectivity index is 1.87. The number of nitrogens with one attached hydrogen (secondary N) is 1. The van der Waals surface area contributed by atoms with Crippen molar-refractivity contribution in [2.75, 3.05) is 13.2 Å². The maximum absolute atomic E-state index is 9.53. The van der Waals surface area contributed by atoms with E-state index in [4.69, 9.17) is 11.2 Å². The molecule has 0 amide bonds. The Morgan fingerprint density at radius 2 is 1.95 bits per heavy atom. The van der Waals surface area contributed by atoms with Crippen LogP contribution in [0.25, 0.3) is 0 Å². The van der Waals surface area contributed by atoms with E-state index in [1.165, 1.54) is 18.4 Å². The van der Waals surface area contributed by atoms with Crippen LogP contribution in [0, 0.1) is 12.3 Å². The van der Waals surface area contributed by atoms with Crippen molar-refractivity contribution in [3.05, 3.63) is 29.8 Å². The van der Waals surface area contributed by atoms with Gasteiger partial charge in [-0.3, -0.25) is 0 Å². The van der Waals surface area contributed by atoms with E-state index in [2.05, 4.69) is 11.2 Å². The third-order valence-corrected chi connectivity index (χ3v) is 3.78. The van der Waals surface area contributed by atoms with E-state index < -0.39 is 0 Å². The van der Waals surface area contributed by atoms with Crippen molar-refractivity contribution in [1.82, 2.24) is 5.32 Å². The number of hydrogen-bond acceptors (Lipinski definition) is 3. The van der Waals surface area contributed by atoms with Gasteiger partial charge in [0.2, 0.25) is 0 Å². The van der Waals surface area contributed by atoms with Crippen molar-refractivity contribution in [2.24, 2.45) is 0 Å². The summed E-state index contributed by atoms with van der Waals surface area (Å²) in [6.07, 6.45) is 9.67. The summed E-state index contributed by atoms with van der Waals surface area (Å²) in [6.45, 7) is 1.29. The van der Waals surface area contributed by atoms with Crippen molar-refractivity contribution < 1.29 is 9.84 Å². The molecule has 0 unspecified atom stereocenters. The molecule has 3 nitrogen and oxygen atoms in total. The van der Waals surface area contributed by atoms with Crippen LogP contribution in [0.2, 0.25) is 0 Å². The summed E-state index contributed by atoms with van der Waals surface area (Å²) in [5, 5.41) is 13.0. The van der Waals surface area contributed by atoms with Crippen LogP contribution in [0.4, 0.5) is 0 Å². The Labute approximate surface area is 115 Å². The summed E-state index contributed by atoms with van der Waals surface area (Å²) in [7, 11) is 0. The molecule has 0 atom stereocenters. The number of terminal acetylenes is 1. The molecule has 0 aliphatic heterocycles. The number of ether oxygens (including phenoxy) is 1. The van der Waals surface area contributed by atoms with Gasteiger partial charge in [0, 0.05) is 12.1 Å². The second kappa shape index (κ2) is 6.60.